The molecule has 0 saturated carbocycles. The van der Waals surface area contributed by atoms with Crippen LogP contribution in [0.25, 0.3) is 0 Å². The average molecular weight is 264 g/mol. The van der Waals surface area contributed by atoms with Crippen LogP contribution in [0.5, 0.6) is 0 Å². The molecule has 1 rings (SSSR count). The third-order valence-corrected chi connectivity index (χ3v) is 2.83. The van der Waals surface area contributed by atoms with Crippen molar-refractivity contribution in [1.29, 1.82) is 0 Å². The Balaban J connectivity index is 0.00000225. The van der Waals surface area contributed by atoms with Gasteiger partial charge in [-0.1, -0.05) is 12.1 Å². The second kappa shape index (κ2) is 5.05. The average Bonchev–Trinajstić information content (AvgIpc) is 1.99. The first-order chi connectivity index (χ1) is 6.64. The molecule has 0 amide bonds. The summed E-state index contributed by atoms with van der Waals surface area (Å²) in [5.41, 5.74) is -1.50. The van der Waals surface area contributed by atoms with Crippen molar-refractivity contribution in [2.45, 2.75) is 18.0 Å². The number of halogens is 3. The van der Waals surface area contributed by atoms with E-state index in [0.717, 1.165) is 6.07 Å². The molecule has 0 aromatic heterocycles. The number of rotatable bonds is 1. The number of alkyl halides is 3. The van der Waals surface area contributed by atoms with Gasteiger partial charge in [-0.3, -0.25) is 4.55 Å². The molecule has 1 aromatic carbocycles. The molecule has 16 heavy (non-hydrogen) atoms. The van der Waals surface area contributed by atoms with Crippen molar-refractivity contribution < 1.29 is 26.1 Å². The molecule has 86 valence electrons. The van der Waals surface area contributed by atoms with Gasteiger partial charge in [-0.05, 0) is 18.6 Å². The Bertz CT molecular complexity index is 482. The summed E-state index contributed by atoms with van der Waals surface area (Å²) in [5.74, 6) is 0. The van der Waals surface area contributed by atoms with Gasteiger partial charge in [0, 0.05) is 0 Å². The van der Waals surface area contributed by atoms with Gasteiger partial charge in [0.25, 0.3) is 10.1 Å². The molecule has 8 heteroatoms. The van der Waals surface area contributed by atoms with Crippen molar-refractivity contribution in [3.8, 4) is 0 Å². The second-order valence-corrected chi connectivity index (χ2v) is 4.28. The fourth-order valence-corrected chi connectivity index (χ4v) is 2.15. The number of hydrogen-bond donors (Lipinski definition) is 1. The molecule has 0 aliphatic rings. The van der Waals surface area contributed by atoms with Crippen molar-refractivity contribution in [2.75, 3.05) is 0 Å². The normalized spacial score (nSPS) is 12.1. The molecule has 0 spiro atoms. The summed E-state index contributed by atoms with van der Waals surface area (Å²) in [6.07, 6.45) is -4.81. The van der Waals surface area contributed by atoms with E-state index in [2.05, 4.69) is 0 Å². The first-order valence-corrected chi connectivity index (χ1v) is 5.22. The molecule has 0 aliphatic heterocycles. The number of benzene rings is 1. The summed E-state index contributed by atoms with van der Waals surface area (Å²) in [7, 11) is -4.87. The third-order valence-electron chi connectivity index (χ3n) is 1.78. The Morgan fingerprint density at radius 1 is 1.25 bits per heavy atom. The standard InChI is InChI=1S/C8H7F3O3S.Na.H/c1-5-3-2-4-6(8(9,10)11)7(5)15(12,13)14;;/h2-4H,1H3,(H,12,13,14);;. The van der Waals surface area contributed by atoms with Gasteiger partial charge in [-0.15, -0.1) is 0 Å². The van der Waals surface area contributed by atoms with Gasteiger partial charge in [-0.2, -0.15) is 21.6 Å². The zero-order valence-electron chi connectivity index (χ0n) is 7.54. The van der Waals surface area contributed by atoms with Crippen molar-refractivity contribution in [3.05, 3.63) is 29.3 Å². The monoisotopic (exact) mass is 264 g/mol. The predicted octanol–water partition coefficient (Wildman–Crippen LogP) is 1.61. The van der Waals surface area contributed by atoms with E-state index in [1.807, 2.05) is 0 Å². The van der Waals surface area contributed by atoms with E-state index in [-0.39, 0.29) is 35.1 Å². The zero-order valence-corrected chi connectivity index (χ0v) is 8.35. The minimum atomic E-state index is -4.87. The molecule has 0 heterocycles. The number of aryl methyl sites for hydroxylation is 1. The Morgan fingerprint density at radius 3 is 2.06 bits per heavy atom. The molecule has 1 aromatic rings. The first-order valence-electron chi connectivity index (χ1n) is 3.78. The van der Waals surface area contributed by atoms with Crippen LogP contribution in [0.1, 0.15) is 11.1 Å². The Hall–Kier alpha value is -0.0800. The molecule has 1 N–H and O–H groups in total. The van der Waals surface area contributed by atoms with Gasteiger partial charge >= 0.3 is 35.7 Å². The fourth-order valence-electron chi connectivity index (χ4n) is 1.22. The molecule has 0 atom stereocenters. The number of hydrogen-bond acceptors (Lipinski definition) is 2. The summed E-state index contributed by atoms with van der Waals surface area (Å²) >= 11 is 0. The van der Waals surface area contributed by atoms with Gasteiger partial charge in [0.05, 0.1) is 5.56 Å². The molecule has 0 unspecified atom stereocenters. The van der Waals surface area contributed by atoms with Crippen LogP contribution in [0.4, 0.5) is 13.2 Å². The fraction of sp³-hybridized carbons (Fsp3) is 0.250. The van der Waals surface area contributed by atoms with Crippen LogP contribution in [0, 0.1) is 6.92 Å². The predicted molar refractivity (Wildman–Crippen MR) is 53.1 cm³/mol. The van der Waals surface area contributed by atoms with Crippen LogP contribution >= 0.6 is 0 Å². The van der Waals surface area contributed by atoms with Crippen LogP contribution in [-0.4, -0.2) is 42.5 Å². The summed E-state index contributed by atoms with van der Waals surface area (Å²) < 4.78 is 67.4. The van der Waals surface area contributed by atoms with E-state index in [9.17, 15) is 21.6 Å². The van der Waals surface area contributed by atoms with Crippen molar-refractivity contribution >= 4 is 39.7 Å². The summed E-state index contributed by atoms with van der Waals surface area (Å²) in [4.78, 5) is -1.09. The van der Waals surface area contributed by atoms with Crippen LogP contribution in [0.3, 0.4) is 0 Å². The molecule has 0 bridgehead atoms. The summed E-state index contributed by atoms with van der Waals surface area (Å²) in [6, 6.07) is 2.86. The molecular weight excluding hydrogens is 256 g/mol. The maximum absolute atomic E-state index is 12.4. The van der Waals surface area contributed by atoms with E-state index >= 15 is 0 Å². The van der Waals surface area contributed by atoms with Gasteiger partial charge < -0.3 is 0 Å². The molecular formula is C8H8F3NaO3S. The van der Waals surface area contributed by atoms with Gasteiger partial charge in [-0.25, -0.2) is 0 Å². The molecule has 0 radical (unpaired) electrons. The van der Waals surface area contributed by atoms with Crippen LogP contribution in [-0.2, 0) is 16.3 Å². The first kappa shape index (κ1) is 15.9. The van der Waals surface area contributed by atoms with Gasteiger partial charge in [0.1, 0.15) is 4.90 Å². The Morgan fingerprint density at radius 2 is 1.75 bits per heavy atom. The van der Waals surface area contributed by atoms with E-state index < -0.39 is 26.8 Å². The van der Waals surface area contributed by atoms with Crippen LogP contribution < -0.4 is 0 Å². The Kier molecular flexibility index (Phi) is 5.03. The molecule has 0 saturated heterocycles. The van der Waals surface area contributed by atoms with Crippen LogP contribution in [0.15, 0.2) is 23.1 Å². The summed E-state index contributed by atoms with van der Waals surface area (Å²) in [5, 5.41) is 0. The van der Waals surface area contributed by atoms with E-state index in [4.69, 9.17) is 4.55 Å². The van der Waals surface area contributed by atoms with Crippen molar-refractivity contribution in [1.82, 2.24) is 0 Å². The zero-order chi connectivity index (χ0) is 11.9. The van der Waals surface area contributed by atoms with Gasteiger partial charge in [0.2, 0.25) is 0 Å². The Labute approximate surface area is 113 Å². The van der Waals surface area contributed by atoms with E-state index in [1.165, 1.54) is 13.0 Å². The molecule has 3 nitrogen and oxygen atoms in total. The van der Waals surface area contributed by atoms with E-state index in [1.54, 1.807) is 0 Å². The quantitative estimate of drug-likeness (QED) is 0.619. The maximum atomic E-state index is 12.4. The van der Waals surface area contributed by atoms with Crippen molar-refractivity contribution in [3.63, 3.8) is 0 Å². The van der Waals surface area contributed by atoms with Crippen LogP contribution in [0.2, 0.25) is 0 Å². The topological polar surface area (TPSA) is 54.4 Å². The molecule has 0 aliphatic carbocycles. The molecule has 0 fully saturated rings. The van der Waals surface area contributed by atoms with Crippen molar-refractivity contribution in [2.24, 2.45) is 0 Å². The van der Waals surface area contributed by atoms with E-state index in [0.29, 0.717) is 6.07 Å². The van der Waals surface area contributed by atoms with Gasteiger partial charge in [0.15, 0.2) is 0 Å². The SMILES string of the molecule is Cc1cccc(C(F)(F)F)c1S(=O)(=O)O.[NaH]. The second-order valence-electron chi connectivity index (χ2n) is 2.92. The third kappa shape index (κ3) is 3.46. The summed E-state index contributed by atoms with van der Waals surface area (Å²) in [6.45, 7) is 1.18. The minimum absolute atomic E-state index is 0.